The van der Waals surface area contributed by atoms with Crippen LogP contribution in [0.5, 0.6) is 0 Å². The van der Waals surface area contributed by atoms with E-state index in [-0.39, 0.29) is 23.1 Å². The van der Waals surface area contributed by atoms with Gasteiger partial charge in [-0.2, -0.15) is 0 Å². The van der Waals surface area contributed by atoms with Crippen LogP contribution in [0.1, 0.15) is 38.7 Å². The fraction of sp³-hybridized carbons (Fsp3) is 0.458. The summed E-state index contributed by atoms with van der Waals surface area (Å²) in [5.41, 5.74) is 1.70. The van der Waals surface area contributed by atoms with Crippen molar-refractivity contribution in [2.75, 3.05) is 18.0 Å². The third-order valence-electron chi connectivity index (χ3n) is 6.39. The largest absolute Gasteiger partial charge is 0.363 e. The SMILES string of the molecule is CC1(C)C[C@@H]2CN(C(=O)CCc3cccc(F)c3)CC[C@@H]2N1c1cccc(F)c1. The van der Waals surface area contributed by atoms with E-state index in [4.69, 9.17) is 0 Å². The highest BCUT2D eigenvalue weighted by atomic mass is 19.1. The van der Waals surface area contributed by atoms with E-state index in [0.717, 1.165) is 30.6 Å². The van der Waals surface area contributed by atoms with Crippen molar-refractivity contribution < 1.29 is 13.6 Å². The van der Waals surface area contributed by atoms with Crippen molar-refractivity contribution >= 4 is 11.6 Å². The molecule has 0 unspecified atom stereocenters. The first-order valence-electron chi connectivity index (χ1n) is 10.4. The summed E-state index contributed by atoms with van der Waals surface area (Å²) in [7, 11) is 0. The minimum Gasteiger partial charge on any atom is -0.363 e. The molecule has 0 radical (unpaired) electrons. The molecule has 2 aromatic carbocycles. The fourth-order valence-corrected chi connectivity index (χ4v) is 5.24. The molecule has 1 amide bonds. The van der Waals surface area contributed by atoms with Gasteiger partial charge in [0, 0.05) is 36.8 Å². The van der Waals surface area contributed by atoms with Gasteiger partial charge in [-0.15, -0.1) is 0 Å². The number of rotatable bonds is 4. The van der Waals surface area contributed by atoms with Gasteiger partial charge in [-0.3, -0.25) is 4.79 Å². The zero-order chi connectivity index (χ0) is 20.6. The van der Waals surface area contributed by atoms with Crippen LogP contribution in [-0.2, 0) is 11.2 Å². The van der Waals surface area contributed by atoms with E-state index in [0.29, 0.717) is 31.3 Å². The van der Waals surface area contributed by atoms with E-state index in [1.165, 1.54) is 18.2 Å². The van der Waals surface area contributed by atoms with E-state index in [1.54, 1.807) is 18.2 Å². The highest BCUT2D eigenvalue weighted by molar-refractivity contribution is 5.76. The molecule has 29 heavy (non-hydrogen) atoms. The zero-order valence-electron chi connectivity index (χ0n) is 17.1. The lowest BCUT2D eigenvalue weighted by molar-refractivity contribution is -0.133. The maximum Gasteiger partial charge on any atom is 0.222 e. The molecule has 2 fully saturated rings. The molecule has 2 aliphatic rings. The number of aryl methyl sites for hydroxylation is 1. The van der Waals surface area contributed by atoms with E-state index < -0.39 is 0 Å². The number of likely N-dealkylation sites (tertiary alicyclic amines) is 1. The predicted molar refractivity (Wildman–Crippen MR) is 111 cm³/mol. The van der Waals surface area contributed by atoms with Crippen LogP contribution in [0.2, 0.25) is 0 Å². The Kier molecular flexibility index (Phi) is 5.32. The zero-order valence-corrected chi connectivity index (χ0v) is 17.1. The number of benzene rings is 2. The summed E-state index contributed by atoms with van der Waals surface area (Å²) in [6.45, 7) is 5.85. The standard InChI is InChI=1S/C24H28F2N2O/c1-24(2)15-18-16-27(23(29)10-9-17-5-3-6-19(25)13-17)12-11-22(18)28(24)21-8-4-7-20(26)14-21/h3-8,13-14,18,22H,9-12,15-16H2,1-2H3/t18-,22+/m1/s1. The number of amides is 1. The van der Waals surface area contributed by atoms with Gasteiger partial charge in [-0.05, 0) is 74.9 Å². The molecule has 154 valence electrons. The summed E-state index contributed by atoms with van der Waals surface area (Å²) in [5.74, 6) is 0.0305. The van der Waals surface area contributed by atoms with E-state index in [9.17, 15) is 13.6 Å². The molecule has 0 saturated carbocycles. The van der Waals surface area contributed by atoms with Crippen LogP contribution in [0.25, 0.3) is 0 Å². The third-order valence-corrected chi connectivity index (χ3v) is 6.39. The molecule has 5 heteroatoms. The number of fused-ring (bicyclic) bond motifs is 1. The Morgan fingerprint density at radius 2 is 1.83 bits per heavy atom. The van der Waals surface area contributed by atoms with Gasteiger partial charge in [0.25, 0.3) is 0 Å². The second-order valence-electron chi connectivity index (χ2n) is 8.95. The lowest BCUT2D eigenvalue weighted by atomic mass is 9.89. The van der Waals surface area contributed by atoms with Crippen LogP contribution in [0.15, 0.2) is 48.5 Å². The van der Waals surface area contributed by atoms with Gasteiger partial charge in [-0.1, -0.05) is 18.2 Å². The van der Waals surface area contributed by atoms with E-state index >= 15 is 0 Å². The van der Waals surface area contributed by atoms with E-state index in [1.807, 2.05) is 17.0 Å². The van der Waals surface area contributed by atoms with Gasteiger partial charge in [-0.25, -0.2) is 8.78 Å². The van der Waals surface area contributed by atoms with Gasteiger partial charge in [0.1, 0.15) is 11.6 Å². The van der Waals surface area contributed by atoms with Crippen LogP contribution in [0.3, 0.4) is 0 Å². The summed E-state index contributed by atoms with van der Waals surface area (Å²) >= 11 is 0. The van der Waals surface area contributed by atoms with Crippen molar-refractivity contribution in [2.45, 2.75) is 51.1 Å². The Morgan fingerprint density at radius 3 is 2.55 bits per heavy atom. The Morgan fingerprint density at radius 1 is 1.10 bits per heavy atom. The maximum absolute atomic E-state index is 13.8. The Labute approximate surface area is 171 Å². The van der Waals surface area contributed by atoms with Gasteiger partial charge >= 0.3 is 0 Å². The van der Waals surface area contributed by atoms with Crippen LogP contribution in [-0.4, -0.2) is 35.5 Å². The summed E-state index contributed by atoms with van der Waals surface area (Å²) in [5, 5.41) is 0. The van der Waals surface area contributed by atoms with Crippen LogP contribution < -0.4 is 4.90 Å². The molecule has 2 saturated heterocycles. The first kappa shape index (κ1) is 19.9. The molecule has 0 aliphatic carbocycles. The van der Waals surface area contributed by atoms with Crippen molar-refractivity contribution in [1.82, 2.24) is 4.90 Å². The average Bonchev–Trinajstić information content (AvgIpc) is 2.95. The molecule has 0 bridgehead atoms. The van der Waals surface area contributed by atoms with Crippen molar-refractivity contribution in [3.05, 3.63) is 65.7 Å². The number of hydrogen-bond donors (Lipinski definition) is 0. The number of anilines is 1. The van der Waals surface area contributed by atoms with Crippen molar-refractivity contribution in [3.8, 4) is 0 Å². The first-order chi connectivity index (χ1) is 13.8. The molecule has 4 rings (SSSR count). The second-order valence-corrected chi connectivity index (χ2v) is 8.95. The lowest BCUT2D eigenvalue weighted by Gasteiger charge is -2.42. The molecule has 2 aliphatic heterocycles. The Balaban J connectivity index is 1.42. The number of piperidine rings is 1. The summed E-state index contributed by atoms with van der Waals surface area (Å²) < 4.78 is 27.2. The van der Waals surface area contributed by atoms with Crippen molar-refractivity contribution in [3.63, 3.8) is 0 Å². The molecular formula is C24H28F2N2O. The number of halogens is 2. The van der Waals surface area contributed by atoms with Crippen LogP contribution in [0.4, 0.5) is 14.5 Å². The molecule has 3 nitrogen and oxygen atoms in total. The molecule has 2 atom stereocenters. The highest BCUT2D eigenvalue weighted by Gasteiger charge is 2.48. The quantitative estimate of drug-likeness (QED) is 0.738. The summed E-state index contributed by atoms with van der Waals surface area (Å²) in [4.78, 5) is 17.1. The minimum absolute atomic E-state index is 0.0796. The van der Waals surface area contributed by atoms with Gasteiger partial charge in [0.15, 0.2) is 0 Å². The monoisotopic (exact) mass is 398 g/mol. The summed E-state index contributed by atoms with van der Waals surface area (Å²) in [6, 6.07) is 13.6. The molecule has 2 aromatic rings. The Bertz CT molecular complexity index is 898. The maximum atomic E-state index is 13.8. The van der Waals surface area contributed by atoms with E-state index in [2.05, 4.69) is 18.7 Å². The first-order valence-corrected chi connectivity index (χ1v) is 10.4. The molecule has 0 spiro atoms. The molecule has 0 aromatic heterocycles. The Hall–Kier alpha value is -2.43. The van der Waals surface area contributed by atoms with Crippen molar-refractivity contribution in [2.24, 2.45) is 5.92 Å². The van der Waals surface area contributed by atoms with Gasteiger partial charge in [0.05, 0.1) is 0 Å². The number of carbonyl (C=O) groups excluding carboxylic acids is 1. The molecule has 2 heterocycles. The van der Waals surface area contributed by atoms with Crippen LogP contribution in [0, 0.1) is 17.6 Å². The predicted octanol–water partition coefficient (Wildman–Crippen LogP) is 4.80. The smallest absolute Gasteiger partial charge is 0.222 e. The van der Waals surface area contributed by atoms with Crippen LogP contribution >= 0.6 is 0 Å². The normalized spacial score (nSPS) is 23.2. The van der Waals surface area contributed by atoms with Gasteiger partial charge < -0.3 is 9.80 Å². The highest BCUT2D eigenvalue weighted by Crippen LogP contribution is 2.44. The van der Waals surface area contributed by atoms with Gasteiger partial charge in [0.2, 0.25) is 5.91 Å². The minimum atomic E-state index is -0.263. The molecular weight excluding hydrogens is 370 g/mol. The number of hydrogen-bond acceptors (Lipinski definition) is 2. The fourth-order valence-electron chi connectivity index (χ4n) is 5.24. The lowest BCUT2D eigenvalue weighted by Crippen LogP contribution is -2.50. The number of carbonyl (C=O) groups is 1. The summed E-state index contributed by atoms with van der Waals surface area (Å²) in [6.07, 6.45) is 2.82. The molecule has 0 N–H and O–H groups in total. The second kappa shape index (κ2) is 7.77. The van der Waals surface area contributed by atoms with Crippen molar-refractivity contribution in [1.29, 1.82) is 0 Å². The third kappa shape index (κ3) is 4.14. The average molecular weight is 398 g/mol. The topological polar surface area (TPSA) is 23.6 Å². The number of nitrogens with zero attached hydrogens (tertiary/aromatic N) is 2.